The molecule has 1 atom stereocenters. The Hall–Kier alpha value is -2.32. The van der Waals surface area contributed by atoms with Crippen LogP contribution in [0.25, 0.3) is 0 Å². The van der Waals surface area contributed by atoms with E-state index in [9.17, 15) is 13.2 Å². The molecule has 11 nitrogen and oxygen atoms in total. The number of anilines is 2. The van der Waals surface area contributed by atoms with Crippen molar-refractivity contribution in [3.05, 3.63) is 28.5 Å². The fourth-order valence-corrected chi connectivity index (χ4v) is 7.66. The summed E-state index contributed by atoms with van der Waals surface area (Å²) in [7, 11) is -2.54. The molecule has 5 heterocycles. The van der Waals surface area contributed by atoms with Crippen LogP contribution < -0.4 is 9.80 Å². The van der Waals surface area contributed by atoms with Crippen molar-refractivity contribution in [1.29, 1.82) is 0 Å². The third-order valence-corrected chi connectivity index (χ3v) is 9.96. The van der Waals surface area contributed by atoms with E-state index >= 15 is 0 Å². The Morgan fingerprint density at radius 1 is 1.03 bits per heavy atom. The van der Waals surface area contributed by atoms with Gasteiger partial charge in [-0.2, -0.15) is 4.31 Å². The number of methoxy groups -OCH3 is 1. The minimum atomic E-state index is -3.78. The number of esters is 1. The highest BCUT2D eigenvalue weighted by Gasteiger charge is 2.33. The highest BCUT2D eigenvalue weighted by molar-refractivity contribution is 7.89. The van der Waals surface area contributed by atoms with Crippen LogP contribution in [0.2, 0.25) is 0 Å². The van der Waals surface area contributed by atoms with Crippen molar-refractivity contribution >= 4 is 39.0 Å². The van der Waals surface area contributed by atoms with E-state index in [1.54, 1.807) is 5.38 Å². The van der Waals surface area contributed by atoms with Gasteiger partial charge in [0.2, 0.25) is 10.0 Å². The Kier molecular flexibility index (Phi) is 7.72. The molecular weight excluding hydrogens is 504 g/mol. The van der Waals surface area contributed by atoms with Crippen molar-refractivity contribution in [2.45, 2.75) is 23.8 Å². The molecule has 0 spiro atoms. The van der Waals surface area contributed by atoms with E-state index in [4.69, 9.17) is 9.47 Å². The monoisotopic (exact) mass is 536 g/mol. The van der Waals surface area contributed by atoms with E-state index in [0.29, 0.717) is 32.3 Å². The van der Waals surface area contributed by atoms with Gasteiger partial charge in [-0.05, 0) is 36.4 Å². The van der Waals surface area contributed by atoms with Gasteiger partial charge in [0, 0.05) is 65.5 Å². The maximum Gasteiger partial charge on any atom is 0.349 e. The molecule has 5 rings (SSSR count). The van der Waals surface area contributed by atoms with Crippen LogP contribution in [0.4, 0.5) is 11.6 Å². The summed E-state index contributed by atoms with van der Waals surface area (Å²) in [5, 5.41) is 10.5. The molecule has 0 N–H and O–H groups in total. The zero-order chi connectivity index (χ0) is 25.1. The molecule has 3 saturated heterocycles. The first kappa shape index (κ1) is 25.3. The molecule has 196 valence electrons. The van der Waals surface area contributed by atoms with Crippen molar-refractivity contribution in [3.8, 4) is 0 Å². The molecule has 0 radical (unpaired) electrons. The number of hydrogen-bond donors (Lipinski definition) is 0. The summed E-state index contributed by atoms with van der Waals surface area (Å²) in [6.07, 6.45) is 2.71. The van der Waals surface area contributed by atoms with Gasteiger partial charge in [-0.15, -0.1) is 21.5 Å². The lowest BCUT2D eigenvalue weighted by Gasteiger charge is -2.36. The molecule has 1 unspecified atom stereocenters. The summed E-state index contributed by atoms with van der Waals surface area (Å²) in [6, 6.07) is 5.42. The normalized spacial score (nSPS) is 22.2. The maximum absolute atomic E-state index is 13.1. The van der Waals surface area contributed by atoms with Crippen LogP contribution in [0.3, 0.4) is 0 Å². The molecular formula is C23H32N6O5S2. The summed E-state index contributed by atoms with van der Waals surface area (Å²) in [4.78, 5) is 18.8. The number of rotatable bonds is 7. The number of nitrogens with zero attached hydrogens (tertiary/aromatic N) is 6. The van der Waals surface area contributed by atoms with Gasteiger partial charge in [-0.3, -0.25) is 4.90 Å². The smallest absolute Gasteiger partial charge is 0.349 e. The molecule has 36 heavy (non-hydrogen) atoms. The number of ether oxygens (including phenoxy) is 2. The lowest BCUT2D eigenvalue weighted by molar-refractivity contribution is 0.0602. The van der Waals surface area contributed by atoms with Crippen molar-refractivity contribution < 1.29 is 22.7 Å². The number of carbonyl (C=O) groups is 1. The Labute approximate surface area is 215 Å². The van der Waals surface area contributed by atoms with Gasteiger partial charge in [0.05, 0.1) is 13.2 Å². The van der Waals surface area contributed by atoms with E-state index in [1.165, 1.54) is 23.9 Å². The number of sulfonamides is 1. The van der Waals surface area contributed by atoms with Crippen LogP contribution in [-0.2, 0) is 19.5 Å². The molecule has 2 aromatic rings. The average molecular weight is 537 g/mol. The summed E-state index contributed by atoms with van der Waals surface area (Å²) in [5.41, 5.74) is 0. The summed E-state index contributed by atoms with van der Waals surface area (Å²) in [5.74, 6) is 0.963. The number of thiophene rings is 1. The van der Waals surface area contributed by atoms with Gasteiger partial charge >= 0.3 is 5.97 Å². The molecule has 3 fully saturated rings. The van der Waals surface area contributed by atoms with Crippen molar-refractivity contribution in [3.63, 3.8) is 0 Å². The molecule has 0 aliphatic carbocycles. The number of hydrogen-bond acceptors (Lipinski definition) is 11. The SMILES string of the molecule is COC(=O)c1sccc1S(=O)(=O)N1CCN(c2ccc(N3CCN(CC4CCCO4)CC3)nn2)CC1. The van der Waals surface area contributed by atoms with E-state index in [-0.39, 0.29) is 9.77 Å². The molecule has 13 heteroatoms. The van der Waals surface area contributed by atoms with Gasteiger partial charge in [0.25, 0.3) is 0 Å². The minimum absolute atomic E-state index is 0.00723. The Morgan fingerprint density at radius 3 is 2.22 bits per heavy atom. The predicted octanol–water partition coefficient (Wildman–Crippen LogP) is 1.14. The fraction of sp³-hybridized carbons (Fsp3) is 0.609. The van der Waals surface area contributed by atoms with E-state index in [0.717, 1.165) is 68.7 Å². The first-order valence-electron chi connectivity index (χ1n) is 12.3. The Balaban J connectivity index is 1.14. The zero-order valence-electron chi connectivity index (χ0n) is 20.4. The Bertz CT molecular complexity index is 1140. The first-order valence-corrected chi connectivity index (χ1v) is 14.6. The van der Waals surface area contributed by atoms with Gasteiger partial charge in [0.15, 0.2) is 11.6 Å². The van der Waals surface area contributed by atoms with Gasteiger partial charge in [-0.1, -0.05) is 0 Å². The molecule has 0 bridgehead atoms. The lowest BCUT2D eigenvalue weighted by Crippen LogP contribution is -2.49. The van der Waals surface area contributed by atoms with Gasteiger partial charge < -0.3 is 19.3 Å². The largest absolute Gasteiger partial charge is 0.465 e. The van der Waals surface area contributed by atoms with Crippen LogP contribution in [0.1, 0.15) is 22.5 Å². The zero-order valence-corrected chi connectivity index (χ0v) is 22.0. The molecule has 3 aliphatic heterocycles. The van der Waals surface area contributed by atoms with Crippen molar-refractivity contribution in [2.24, 2.45) is 0 Å². The average Bonchev–Trinajstić information content (AvgIpc) is 3.62. The summed E-state index contributed by atoms with van der Waals surface area (Å²) < 4.78 is 38.2. The van der Waals surface area contributed by atoms with E-state index < -0.39 is 16.0 Å². The molecule has 0 aromatic carbocycles. The second kappa shape index (κ2) is 11.0. The molecule has 2 aromatic heterocycles. The predicted molar refractivity (Wildman–Crippen MR) is 136 cm³/mol. The topological polar surface area (TPSA) is 108 Å². The Morgan fingerprint density at radius 2 is 1.67 bits per heavy atom. The van der Waals surface area contributed by atoms with Crippen LogP contribution in [0.5, 0.6) is 0 Å². The minimum Gasteiger partial charge on any atom is -0.465 e. The van der Waals surface area contributed by atoms with E-state index in [2.05, 4.69) is 20.0 Å². The number of aromatic nitrogens is 2. The second-order valence-electron chi connectivity index (χ2n) is 9.17. The lowest BCUT2D eigenvalue weighted by atomic mass is 10.2. The molecule has 3 aliphatic rings. The van der Waals surface area contributed by atoms with Crippen LogP contribution in [-0.4, -0.2) is 113 Å². The van der Waals surface area contributed by atoms with Crippen LogP contribution in [0, 0.1) is 0 Å². The standard InChI is InChI=1S/C23H32N6O5S2/c1-33-23(30)22-19(6-16-35-22)36(31,32)29-13-11-28(12-14-29)21-5-4-20(24-25-21)27-9-7-26(8-10-27)17-18-3-2-15-34-18/h4-6,16,18H,2-3,7-15,17H2,1H3. The van der Waals surface area contributed by atoms with Crippen molar-refractivity contribution in [1.82, 2.24) is 19.4 Å². The molecule has 0 saturated carbocycles. The molecule has 0 amide bonds. The second-order valence-corrected chi connectivity index (χ2v) is 12.0. The van der Waals surface area contributed by atoms with Crippen LogP contribution >= 0.6 is 11.3 Å². The quantitative estimate of drug-likeness (QED) is 0.478. The van der Waals surface area contributed by atoms with Crippen molar-refractivity contribution in [2.75, 3.05) is 82.4 Å². The number of piperazine rings is 2. The summed E-state index contributed by atoms with van der Waals surface area (Å²) >= 11 is 1.07. The highest BCUT2D eigenvalue weighted by Crippen LogP contribution is 2.27. The fourth-order valence-electron chi connectivity index (χ4n) is 4.93. The third kappa shape index (κ3) is 5.35. The summed E-state index contributed by atoms with van der Waals surface area (Å²) in [6.45, 7) is 7.28. The first-order chi connectivity index (χ1) is 17.5. The van der Waals surface area contributed by atoms with Gasteiger partial charge in [-0.25, -0.2) is 13.2 Å². The number of carbonyl (C=O) groups excluding carboxylic acids is 1. The maximum atomic E-state index is 13.1. The highest BCUT2D eigenvalue weighted by atomic mass is 32.2. The van der Waals surface area contributed by atoms with E-state index in [1.807, 2.05) is 17.0 Å². The van der Waals surface area contributed by atoms with Crippen LogP contribution in [0.15, 0.2) is 28.5 Å². The third-order valence-electron chi connectivity index (χ3n) is 7.00. The van der Waals surface area contributed by atoms with Gasteiger partial charge in [0.1, 0.15) is 9.77 Å².